The minimum absolute atomic E-state index is 0.0990. The second-order valence-corrected chi connectivity index (χ2v) is 11.0. The Morgan fingerprint density at radius 3 is 2.76 bits per heavy atom. The van der Waals surface area contributed by atoms with Gasteiger partial charge in [-0.3, -0.25) is 10.1 Å². The summed E-state index contributed by atoms with van der Waals surface area (Å²) in [6, 6.07) is 3.38. The van der Waals surface area contributed by atoms with E-state index in [9.17, 15) is 15.0 Å². The Morgan fingerprint density at radius 1 is 1.24 bits per heavy atom. The average Bonchev–Trinajstić information content (AvgIpc) is 3.18. The summed E-state index contributed by atoms with van der Waals surface area (Å²) < 4.78 is 13.1. The number of aliphatic carboxylic acids is 1. The molecule has 180 valence electrons. The molecule has 3 N–H and O–H groups in total. The third-order valence-corrected chi connectivity index (χ3v) is 9.83. The van der Waals surface area contributed by atoms with Gasteiger partial charge in [-0.15, -0.1) is 0 Å². The predicted octanol–water partition coefficient (Wildman–Crippen LogP) is 2.82. The number of carbonyl (C=O) groups is 1. The lowest BCUT2D eigenvalue weighted by Crippen LogP contribution is -2.78. The van der Waals surface area contributed by atoms with Crippen LogP contribution in [0.1, 0.15) is 62.5 Å². The quantitative estimate of drug-likeness (QED) is 0.628. The summed E-state index contributed by atoms with van der Waals surface area (Å²) in [6.45, 7) is 0.932. The van der Waals surface area contributed by atoms with Gasteiger partial charge in [0.15, 0.2) is 11.5 Å². The Bertz CT molecular complexity index is 962. The van der Waals surface area contributed by atoms with E-state index in [1.165, 1.54) is 12.0 Å². The number of methoxy groups -OCH3 is 1. The van der Waals surface area contributed by atoms with Crippen LogP contribution < -0.4 is 10.1 Å². The SMILES string of the molecule is CO[C@@]12CC[C@@H](N[C@H](C(=O)O)C3CCCCC3)[C@@H]3Oc4c(O)ccc5c4[C@@]31CCN(C)[C@@H]2C5. The van der Waals surface area contributed by atoms with E-state index in [2.05, 4.69) is 17.3 Å². The average molecular weight is 457 g/mol. The van der Waals surface area contributed by atoms with Gasteiger partial charge < -0.3 is 24.6 Å². The van der Waals surface area contributed by atoms with Gasteiger partial charge in [0.1, 0.15) is 12.1 Å². The van der Waals surface area contributed by atoms with Crippen LogP contribution in [0.15, 0.2) is 12.1 Å². The Labute approximate surface area is 195 Å². The van der Waals surface area contributed by atoms with Crippen molar-refractivity contribution in [3.05, 3.63) is 23.3 Å². The van der Waals surface area contributed by atoms with E-state index in [0.29, 0.717) is 5.75 Å². The molecule has 6 rings (SSSR count). The molecule has 2 heterocycles. The molecule has 0 unspecified atom stereocenters. The van der Waals surface area contributed by atoms with Crippen LogP contribution in [0.3, 0.4) is 0 Å². The molecule has 1 aromatic rings. The molecule has 1 spiro atoms. The predicted molar refractivity (Wildman–Crippen MR) is 123 cm³/mol. The maximum atomic E-state index is 12.4. The largest absolute Gasteiger partial charge is 0.504 e. The molecule has 5 aliphatic rings. The van der Waals surface area contributed by atoms with E-state index >= 15 is 0 Å². The monoisotopic (exact) mass is 456 g/mol. The third-order valence-electron chi connectivity index (χ3n) is 9.83. The zero-order valence-corrected chi connectivity index (χ0v) is 19.7. The van der Waals surface area contributed by atoms with Crippen molar-refractivity contribution in [3.63, 3.8) is 0 Å². The van der Waals surface area contributed by atoms with Gasteiger partial charge in [-0.2, -0.15) is 0 Å². The highest BCUT2D eigenvalue weighted by Gasteiger charge is 2.73. The van der Waals surface area contributed by atoms with Crippen molar-refractivity contribution in [3.8, 4) is 11.5 Å². The maximum absolute atomic E-state index is 12.4. The fraction of sp³-hybridized carbons (Fsp3) is 0.731. The van der Waals surface area contributed by atoms with Crippen molar-refractivity contribution < 1.29 is 24.5 Å². The first kappa shape index (κ1) is 21.7. The second kappa shape index (κ2) is 7.59. The molecule has 2 saturated carbocycles. The van der Waals surface area contributed by atoms with Crippen LogP contribution in [0.25, 0.3) is 0 Å². The number of phenols is 1. The van der Waals surface area contributed by atoms with Crippen LogP contribution in [-0.4, -0.2) is 71.6 Å². The van der Waals surface area contributed by atoms with Crippen LogP contribution in [0, 0.1) is 5.92 Å². The molecule has 0 amide bonds. The normalized spacial score (nSPS) is 38.4. The number of nitrogens with zero attached hydrogens (tertiary/aromatic N) is 1. The third kappa shape index (κ3) is 2.76. The van der Waals surface area contributed by atoms with Gasteiger partial charge in [0.2, 0.25) is 0 Å². The van der Waals surface area contributed by atoms with E-state index in [4.69, 9.17) is 9.47 Å². The lowest BCUT2D eigenvalue weighted by Gasteiger charge is -2.65. The highest BCUT2D eigenvalue weighted by Crippen LogP contribution is 2.66. The number of likely N-dealkylation sites (N-methyl/N-ethyl adjacent to an activating group) is 1. The summed E-state index contributed by atoms with van der Waals surface area (Å²) in [6.07, 6.45) is 8.49. The Morgan fingerprint density at radius 2 is 2.03 bits per heavy atom. The molecule has 7 heteroatoms. The minimum atomic E-state index is -0.757. The molecule has 2 aliphatic heterocycles. The maximum Gasteiger partial charge on any atom is 0.320 e. The molecule has 0 radical (unpaired) electrons. The zero-order chi connectivity index (χ0) is 23.0. The number of carboxylic acids is 1. The van der Waals surface area contributed by atoms with Gasteiger partial charge in [0.05, 0.1) is 11.0 Å². The van der Waals surface area contributed by atoms with Crippen LogP contribution in [-0.2, 0) is 21.4 Å². The number of rotatable bonds is 5. The number of likely N-dealkylation sites (tertiary alicyclic amines) is 1. The fourth-order valence-corrected chi connectivity index (χ4v) is 8.42. The Balaban J connectivity index is 1.44. The first-order valence-electron chi connectivity index (χ1n) is 12.7. The number of hydrogen-bond donors (Lipinski definition) is 3. The van der Waals surface area contributed by atoms with Crippen molar-refractivity contribution in [1.29, 1.82) is 0 Å². The summed E-state index contributed by atoms with van der Waals surface area (Å²) in [5.74, 6) is 0.181. The number of ether oxygens (including phenoxy) is 2. The van der Waals surface area contributed by atoms with E-state index in [-0.39, 0.29) is 35.3 Å². The molecule has 3 aliphatic carbocycles. The van der Waals surface area contributed by atoms with Crippen LogP contribution in [0.5, 0.6) is 11.5 Å². The lowest BCUT2D eigenvalue weighted by atomic mass is 9.48. The van der Waals surface area contributed by atoms with E-state index in [1.807, 2.05) is 13.2 Å². The molecule has 3 fully saturated rings. The smallest absolute Gasteiger partial charge is 0.320 e. The Hall–Kier alpha value is -1.83. The second-order valence-electron chi connectivity index (χ2n) is 11.0. The first-order valence-corrected chi connectivity index (χ1v) is 12.7. The summed E-state index contributed by atoms with van der Waals surface area (Å²) >= 11 is 0. The molecule has 33 heavy (non-hydrogen) atoms. The van der Waals surface area contributed by atoms with Crippen LogP contribution in [0.4, 0.5) is 0 Å². The van der Waals surface area contributed by atoms with Crippen molar-refractivity contribution in [2.75, 3.05) is 20.7 Å². The molecule has 1 saturated heterocycles. The van der Waals surface area contributed by atoms with Gasteiger partial charge in [-0.1, -0.05) is 25.3 Å². The summed E-state index contributed by atoms with van der Waals surface area (Å²) in [5.41, 5.74) is 1.57. The van der Waals surface area contributed by atoms with Crippen LogP contribution in [0.2, 0.25) is 0 Å². The number of aromatic hydroxyl groups is 1. The van der Waals surface area contributed by atoms with Crippen molar-refractivity contribution in [1.82, 2.24) is 10.2 Å². The highest BCUT2D eigenvalue weighted by atomic mass is 16.5. The molecular formula is C26H36N2O5. The molecule has 2 bridgehead atoms. The van der Waals surface area contributed by atoms with Gasteiger partial charge in [0, 0.05) is 24.8 Å². The Kier molecular flexibility index (Phi) is 4.99. The van der Waals surface area contributed by atoms with Gasteiger partial charge in [-0.05, 0) is 69.7 Å². The topological polar surface area (TPSA) is 91.3 Å². The summed E-state index contributed by atoms with van der Waals surface area (Å²) in [7, 11) is 4.01. The van der Waals surface area contributed by atoms with Gasteiger partial charge in [0.25, 0.3) is 0 Å². The van der Waals surface area contributed by atoms with Crippen LogP contribution >= 0.6 is 0 Å². The number of piperidine rings is 1. The van der Waals surface area contributed by atoms with E-state index < -0.39 is 17.6 Å². The summed E-state index contributed by atoms with van der Waals surface area (Å²) in [5, 5.41) is 24.5. The zero-order valence-electron chi connectivity index (χ0n) is 19.7. The fourth-order valence-electron chi connectivity index (χ4n) is 8.42. The number of hydrogen-bond acceptors (Lipinski definition) is 6. The standard InChI is InChI=1S/C26H36N2O5/c1-28-13-12-25-20-16-8-9-18(29)22(20)33-23(25)17(10-11-26(25,32-2)19(28)14-16)27-21(24(30)31)15-6-4-3-5-7-15/h8-9,15,17,19,21,23,27,29H,3-7,10-14H2,1-2H3,(H,30,31)/t17-,19-,21+,23+,25+,26-/m1/s1. The van der Waals surface area contributed by atoms with Crippen molar-refractivity contribution >= 4 is 5.97 Å². The number of nitrogens with one attached hydrogen (secondary N) is 1. The number of carboxylic acid groups (broad SMARTS) is 1. The molecule has 0 aromatic heterocycles. The lowest BCUT2D eigenvalue weighted by molar-refractivity contribution is -0.204. The van der Waals surface area contributed by atoms with E-state index in [0.717, 1.165) is 63.5 Å². The first-order chi connectivity index (χ1) is 15.9. The number of benzene rings is 1. The van der Waals surface area contributed by atoms with Crippen molar-refractivity contribution in [2.24, 2.45) is 5.92 Å². The molecule has 7 nitrogen and oxygen atoms in total. The molecule has 1 aromatic carbocycles. The van der Waals surface area contributed by atoms with E-state index in [1.54, 1.807) is 6.07 Å². The van der Waals surface area contributed by atoms with Gasteiger partial charge >= 0.3 is 5.97 Å². The molecule has 6 atom stereocenters. The van der Waals surface area contributed by atoms with Crippen molar-refractivity contribution in [2.45, 2.75) is 93.0 Å². The summed E-state index contributed by atoms with van der Waals surface area (Å²) in [4.78, 5) is 14.8. The minimum Gasteiger partial charge on any atom is -0.504 e. The molecular weight excluding hydrogens is 420 g/mol. The van der Waals surface area contributed by atoms with Gasteiger partial charge in [-0.25, -0.2) is 0 Å². The highest BCUT2D eigenvalue weighted by molar-refractivity contribution is 5.74. The number of phenolic OH excluding ortho intramolecular Hbond substituents is 1.